The Morgan fingerprint density at radius 2 is 2.24 bits per heavy atom. The fourth-order valence-corrected chi connectivity index (χ4v) is 4.40. The van der Waals surface area contributed by atoms with Gasteiger partial charge in [-0.25, -0.2) is 0 Å². The summed E-state index contributed by atoms with van der Waals surface area (Å²) in [6.07, 6.45) is 2.11. The number of carbonyl (C=O) groups excluding carboxylic acids is 1. The summed E-state index contributed by atoms with van der Waals surface area (Å²) in [7, 11) is 0. The number of ether oxygens (including phenoxy) is 1. The Morgan fingerprint density at radius 1 is 1.38 bits per heavy atom. The lowest BCUT2D eigenvalue weighted by Gasteiger charge is -2.47. The first-order valence-electron chi connectivity index (χ1n) is 7.73. The molecule has 0 aromatic carbocycles. The summed E-state index contributed by atoms with van der Waals surface area (Å²) in [6, 6.07) is 4.42. The van der Waals surface area contributed by atoms with Crippen LogP contribution in [0.25, 0.3) is 0 Å². The Labute approximate surface area is 130 Å². The molecule has 1 amide bonds. The zero-order valence-electron chi connectivity index (χ0n) is 12.9. The van der Waals surface area contributed by atoms with Gasteiger partial charge in [0, 0.05) is 42.9 Å². The molecule has 2 aliphatic heterocycles. The number of hydrogen-bond acceptors (Lipinski definition) is 4. The predicted molar refractivity (Wildman–Crippen MR) is 84.5 cm³/mol. The Balaban J connectivity index is 1.65. The number of hydrogen-bond donors (Lipinski definition) is 0. The summed E-state index contributed by atoms with van der Waals surface area (Å²) < 4.78 is 6.13. The number of amides is 1. The second-order valence-corrected chi connectivity index (χ2v) is 7.67. The molecular weight excluding hydrogens is 284 g/mol. The number of piperidine rings is 1. The van der Waals surface area contributed by atoms with Crippen molar-refractivity contribution in [2.24, 2.45) is 0 Å². The van der Waals surface area contributed by atoms with Crippen LogP contribution in [0.15, 0.2) is 12.1 Å². The van der Waals surface area contributed by atoms with Gasteiger partial charge >= 0.3 is 0 Å². The smallest absolute Gasteiger partial charge is 0.219 e. The van der Waals surface area contributed by atoms with Crippen LogP contribution in [-0.2, 0) is 16.1 Å². The monoisotopic (exact) mass is 308 g/mol. The second-order valence-electron chi connectivity index (χ2n) is 6.30. The molecule has 21 heavy (non-hydrogen) atoms. The summed E-state index contributed by atoms with van der Waals surface area (Å²) in [4.78, 5) is 18.9. The minimum absolute atomic E-state index is 0.144. The van der Waals surface area contributed by atoms with Gasteiger partial charge in [-0.05, 0) is 31.9 Å². The summed E-state index contributed by atoms with van der Waals surface area (Å²) in [5, 5.41) is 0. The van der Waals surface area contributed by atoms with E-state index >= 15 is 0 Å². The van der Waals surface area contributed by atoms with E-state index in [1.807, 2.05) is 16.2 Å². The first kappa shape index (κ1) is 15.0. The maximum Gasteiger partial charge on any atom is 0.219 e. The molecule has 2 fully saturated rings. The Hall–Kier alpha value is -0.910. The van der Waals surface area contributed by atoms with E-state index in [-0.39, 0.29) is 11.5 Å². The van der Waals surface area contributed by atoms with Gasteiger partial charge < -0.3 is 9.64 Å². The Morgan fingerprint density at radius 3 is 2.95 bits per heavy atom. The molecule has 2 saturated heterocycles. The first-order chi connectivity index (χ1) is 10.1. The number of rotatable bonds is 2. The normalized spacial score (nSPS) is 27.2. The number of thiophene rings is 1. The summed E-state index contributed by atoms with van der Waals surface area (Å²) >= 11 is 1.87. The predicted octanol–water partition coefficient (Wildman–Crippen LogP) is 2.27. The van der Waals surface area contributed by atoms with Gasteiger partial charge in [0.25, 0.3) is 0 Å². The lowest BCUT2D eigenvalue weighted by Crippen LogP contribution is -2.60. The molecule has 0 N–H and O–H groups in total. The topological polar surface area (TPSA) is 32.8 Å². The van der Waals surface area contributed by atoms with Crippen LogP contribution >= 0.6 is 11.3 Å². The molecule has 0 radical (unpaired) electrons. The van der Waals surface area contributed by atoms with Gasteiger partial charge in [-0.3, -0.25) is 9.69 Å². The van der Waals surface area contributed by atoms with E-state index in [0.717, 1.165) is 52.2 Å². The standard InChI is InChI=1S/C16H24N2O2S/c1-13-4-5-15(21-13)10-17-8-9-20-16(11-17)6-3-7-18(12-16)14(2)19/h4-5H,3,6-12H2,1-2H3. The van der Waals surface area contributed by atoms with Crippen LogP contribution in [-0.4, -0.2) is 54.1 Å². The van der Waals surface area contributed by atoms with Gasteiger partial charge in [0.05, 0.1) is 18.8 Å². The van der Waals surface area contributed by atoms with Crippen LogP contribution in [0.2, 0.25) is 0 Å². The molecule has 4 nitrogen and oxygen atoms in total. The van der Waals surface area contributed by atoms with Crippen molar-refractivity contribution in [3.8, 4) is 0 Å². The van der Waals surface area contributed by atoms with Crippen molar-refractivity contribution in [3.63, 3.8) is 0 Å². The number of likely N-dealkylation sites (tertiary alicyclic amines) is 1. The van der Waals surface area contributed by atoms with E-state index in [2.05, 4.69) is 24.0 Å². The van der Waals surface area contributed by atoms with Crippen molar-refractivity contribution >= 4 is 17.2 Å². The third-order valence-corrected chi connectivity index (χ3v) is 5.47. The fourth-order valence-electron chi connectivity index (χ4n) is 3.46. The minimum atomic E-state index is -0.144. The first-order valence-corrected chi connectivity index (χ1v) is 8.55. The van der Waals surface area contributed by atoms with Crippen LogP contribution in [0.4, 0.5) is 0 Å². The number of aryl methyl sites for hydroxylation is 1. The number of nitrogens with zero attached hydrogens (tertiary/aromatic N) is 2. The zero-order chi connectivity index (χ0) is 14.9. The van der Waals surface area contributed by atoms with Gasteiger partial charge in [-0.2, -0.15) is 0 Å². The van der Waals surface area contributed by atoms with Gasteiger partial charge in [0.1, 0.15) is 0 Å². The van der Waals surface area contributed by atoms with Crippen molar-refractivity contribution in [1.29, 1.82) is 0 Å². The highest BCUT2D eigenvalue weighted by atomic mass is 32.1. The average molecular weight is 308 g/mol. The Kier molecular flexibility index (Phi) is 4.33. The molecule has 1 spiro atoms. The molecule has 3 rings (SSSR count). The van der Waals surface area contributed by atoms with Crippen LogP contribution in [0, 0.1) is 6.92 Å². The van der Waals surface area contributed by atoms with E-state index in [1.54, 1.807) is 6.92 Å². The van der Waals surface area contributed by atoms with Crippen molar-refractivity contribution in [2.45, 2.75) is 38.8 Å². The summed E-state index contributed by atoms with van der Waals surface area (Å²) in [6.45, 7) is 9.15. The molecular formula is C16H24N2O2S. The van der Waals surface area contributed by atoms with Crippen LogP contribution in [0.5, 0.6) is 0 Å². The maximum atomic E-state index is 11.7. The second kappa shape index (κ2) is 6.07. The molecule has 1 atom stereocenters. The third kappa shape index (κ3) is 3.47. The highest BCUT2D eigenvalue weighted by Gasteiger charge is 2.41. The SMILES string of the molecule is CC(=O)N1CCCC2(CN(Cc3ccc(C)s3)CCO2)C1. The maximum absolute atomic E-state index is 11.7. The number of morpholine rings is 1. The van der Waals surface area contributed by atoms with Crippen molar-refractivity contribution < 1.29 is 9.53 Å². The van der Waals surface area contributed by atoms with Crippen LogP contribution in [0.3, 0.4) is 0 Å². The fraction of sp³-hybridized carbons (Fsp3) is 0.688. The molecule has 1 aromatic heterocycles. The summed E-state index contributed by atoms with van der Waals surface area (Å²) in [5.41, 5.74) is -0.144. The minimum Gasteiger partial charge on any atom is -0.370 e. The highest BCUT2D eigenvalue weighted by Crippen LogP contribution is 2.30. The van der Waals surface area contributed by atoms with E-state index in [4.69, 9.17) is 4.74 Å². The molecule has 0 aliphatic carbocycles. The molecule has 0 saturated carbocycles. The van der Waals surface area contributed by atoms with Gasteiger partial charge in [-0.15, -0.1) is 11.3 Å². The van der Waals surface area contributed by atoms with E-state index < -0.39 is 0 Å². The van der Waals surface area contributed by atoms with Gasteiger partial charge in [0.2, 0.25) is 5.91 Å². The molecule has 116 valence electrons. The van der Waals surface area contributed by atoms with Crippen LogP contribution < -0.4 is 0 Å². The van der Waals surface area contributed by atoms with E-state index in [9.17, 15) is 4.79 Å². The van der Waals surface area contributed by atoms with E-state index in [1.165, 1.54) is 9.75 Å². The molecule has 3 heterocycles. The quantitative estimate of drug-likeness (QED) is 0.840. The average Bonchev–Trinajstić information content (AvgIpc) is 2.84. The molecule has 5 heteroatoms. The summed E-state index contributed by atoms with van der Waals surface area (Å²) in [5.74, 6) is 0.170. The third-order valence-electron chi connectivity index (χ3n) is 4.49. The van der Waals surface area contributed by atoms with Crippen LogP contribution in [0.1, 0.15) is 29.5 Å². The lowest BCUT2D eigenvalue weighted by molar-refractivity contribution is -0.156. The van der Waals surface area contributed by atoms with E-state index in [0.29, 0.717) is 0 Å². The van der Waals surface area contributed by atoms with Crippen molar-refractivity contribution in [1.82, 2.24) is 9.80 Å². The Bertz CT molecular complexity index is 512. The molecule has 0 bridgehead atoms. The van der Waals surface area contributed by atoms with Crippen molar-refractivity contribution in [2.75, 3.05) is 32.8 Å². The largest absolute Gasteiger partial charge is 0.370 e. The van der Waals surface area contributed by atoms with Crippen molar-refractivity contribution in [3.05, 3.63) is 21.9 Å². The van der Waals surface area contributed by atoms with Gasteiger partial charge in [-0.1, -0.05) is 0 Å². The highest BCUT2D eigenvalue weighted by molar-refractivity contribution is 7.11. The molecule has 2 aliphatic rings. The zero-order valence-corrected chi connectivity index (χ0v) is 13.7. The number of carbonyl (C=O) groups is 1. The molecule has 1 unspecified atom stereocenters. The molecule has 1 aromatic rings. The lowest BCUT2D eigenvalue weighted by atomic mass is 9.90. The van der Waals surface area contributed by atoms with Gasteiger partial charge in [0.15, 0.2) is 0 Å².